The average molecular weight is 428 g/mol. The summed E-state index contributed by atoms with van der Waals surface area (Å²) < 4.78 is 10.5. The minimum absolute atomic E-state index is 0.0278. The van der Waals surface area contributed by atoms with Crippen molar-refractivity contribution in [1.29, 1.82) is 0 Å². The maximum Gasteiger partial charge on any atom is 0.408 e. The van der Waals surface area contributed by atoms with Gasteiger partial charge in [0.2, 0.25) is 0 Å². The Kier molecular flexibility index (Phi) is 8.80. The molecule has 0 radical (unpaired) electrons. The zero-order chi connectivity index (χ0) is 23.1. The Labute approximate surface area is 176 Å². The number of carbonyl (C=O) groups is 5. The highest BCUT2D eigenvalue weighted by Gasteiger charge is 2.33. The number of esters is 1. The number of hydrogen-bond donors (Lipinski definition) is 1. The first-order valence-electron chi connectivity index (χ1n) is 9.97. The summed E-state index contributed by atoms with van der Waals surface area (Å²) in [7, 11) is 0. The van der Waals surface area contributed by atoms with Gasteiger partial charge in [0, 0.05) is 19.3 Å². The van der Waals surface area contributed by atoms with Gasteiger partial charge in [-0.25, -0.2) is 14.4 Å². The number of imide groups is 1. The molecule has 1 fully saturated rings. The van der Waals surface area contributed by atoms with Crippen LogP contribution in [0.2, 0.25) is 0 Å². The third-order valence-electron chi connectivity index (χ3n) is 3.70. The van der Waals surface area contributed by atoms with Crippen LogP contribution in [0.4, 0.5) is 4.79 Å². The summed E-state index contributed by atoms with van der Waals surface area (Å²) in [4.78, 5) is 64.0. The number of rotatable bonds is 8. The second-order valence-corrected chi connectivity index (χ2v) is 9.02. The van der Waals surface area contributed by atoms with Crippen LogP contribution in [-0.2, 0) is 33.5 Å². The highest BCUT2D eigenvalue weighted by atomic mass is 16.7. The Morgan fingerprint density at radius 2 is 1.47 bits per heavy atom. The Morgan fingerprint density at radius 1 is 0.933 bits per heavy atom. The molecule has 10 heteroatoms. The predicted molar refractivity (Wildman–Crippen MR) is 105 cm³/mol. The zero-order valence-corrected chi connectivity index (χ0v) is 18.5. The van der Waals surface area contributed by atoms with Gasteiger partial charge in [-0.15, -0.1) is 5.06 Å². The first-order chi connectivity index (χ1) is 13.7. The minimum Gasteiger partial charge on any atom is -0.458 e. The van der Waals surface area contributed by atoms with E-state index in [4.69, 9.17) is 14.3 Å². The van der Waals surface area contributed by atoms with Gasteiger partial charge in [-0.1, -0.05) is 6.42 Å². The summed E-state index contributed by atoms with van der Waals surface area (Å²) in [6.45, 7) is 10.3. The smallest absolute Gasteiger partial charge is 0.408 e. The number of hydrogen-bond acceptors (Lipinski definition) is 8. The molecule has 1 atom stereocenters. The van der Waals surface area contributed by atoms with E-state index in [0.717, 1.165) is 0 Å². The van der Waals surface area contributed by atoms with Crippen LogP contribution in [0.1, 0.15) is 80.1 Å². The number of alkyl carbamates (subject to hydrolysis) is 1. The van der Waals surface area contributed by atoms with Crippen molar-refractivity contribution in [3.63, 3.8) is 0 Å². The van der Waals surface area contributed by atoms with E-state index in [1.165, 1.54) is 0 Å². The van der Waals surface area contributed by atoms with Crippen molar-refractivity contribution >= 4 is 29.8 Å². The molecule has 1 aliphatic rings. The van der Waals surface area contributed by atoms with Crippen molar-refractivity contribution < 1.29 is 38.3 Å². The SMILES string of the molecule is CC(C)(C)OC(=O)N[C@@H](CCCCC(=O)ON1C(=O)CCC1=O)C(=O)OC(C)(C)C. The molecule has 3 amide bonds. The quantitative estimate of drug-likeness (QED) is 0.354. The summed E-state index contributed by atoms with van der Waals surface area (Å²) in [5.41, 5.74) is -1.46. The summed E-state index contributed by atoms with van der Waals surface area (Å²) in [6, 6.07) is -0.947. The normalized spacial score (nSPS) is 15.6. The lowest BCUT2D eigenvalue weighted by Gasteiger charge is -2.26. The fourth-order valence-corrected chi connectivity index (χ4v) is 2.49. The van der Waals surface area contributed by atoms with Crippen molar-refractivity contribution in [3.8, 4) is 0 Å². The Hall–Kier alpha value is -2.65. The Bertz CT molecular complexity index is 659. The van der Waals surface area contributed by atoms with Crippen molar-refractivity contribution in [2.45, 2.75) is 97.3 Å². The van der Waals surface area contributed by atoms with Gasteiger partial charge in [-0.3, -0.25) is 9.59 Å². The lowest BCUT2D eigenvalue weighted by atomic mass is 10.1. The number of ether oxygens (including phenoxy) is 2. The van der Waals surface area contributed by atoms with Crippen LogP contribution in [0.3, 0.4) is 0 Å². The van der Waals surface area contributed by atoms with Crippen molar-refractivity contribution in [1.82, 2.24) is 10.4 Å². The molecule has 1 aliphatic heterocycles. The molecule has 0 aromatic heterocycles. The van der Waals surface area contributed by atoms with Gasteiger partial charge < -0.3 is 19.6 Å². The summed E-state index contributed by atoms with van der Waals surface area (Å²) in [5.74, 6) is -2.41. The van der Waals surface area contributed by atoms with Crippen LogP contribution < -0.4 is 5.32 Å². The molecule has 10 nitrogen and oxygen atoms in total. The highest BCUT2D eigenvalue weighted by molar-refractivity contribution is 6.01. The average Bonchev–Trinajstić information content (AvgIpc) is 2.86. The molecule has 0 aliphatic carbocycles. The largest absolute Gasteiger partial charge is 0.458 e. The van der Waals surface area contributed by atoms with Crippen molar-refractivity contribution in [3.05, 3.63) is 0 Å². The molecular formula is C20H32N2O8. The topological polar surface area (TPSA) is 128 Å². The van der Waals surface area contributed by atoms with Gasteiger partial charge >= 0.3 is 18.0 Å². The number of hydroxylamine groups is 2. The number of amides is 3. The standard InChI is InChI=1S/C20H32N2O8/c1-19(2,3)28-17(26)13(21-18(27)29-20(4,5)6)9-7-8-10-16(25)30-22-14(23)11-12-15(22)24/h13H,7-12H2,1-6H3,(H,21,27)/t13-/m0/s1. The fraction of sp³-hybridized carbons (Fsp3) is 0.750. The van der Waals surface area contributed by atoms with Gasteiger partial charge in [0.05, 0.1) is 0 Å². The molecule has 30 heavy (non-hydrogen) atoms. The molecule has 0 aromatic rings. The van der Waals surface area contributed by atoms with Crippen LogP contribution in [0.25, 0.3) is 0 Å². The zero-order valence-electron chi connectivity index (χ0n) is 18.5. The van der Waals surface area contributed by atoms with Gasteiger partial charge in [-0.05, 0) is 54.4 Å². The van der Waals surface area contributed by atoms with Gasteiger partial charge in [-0.2, -0.15) is 0 Å². The van der Waals surface area contributed by atoms with E-state index in [1.807, 2.05) is 0 Å². The molecular weight excluding hydrogens is 396 g/mol. The molecule has 0 spiro atoms. The minimum atomic E-state index is -0.947. The maximum atomic E-state index is 12.4. The lowest BCUT2D eigenvalue weighted by Crippen LogP contribution is -2.46. The van der Waals surface area contributed by atoms with E-state index in [-0.39, 0.29) is 25.7 Å². The maximum absolute atomic E-state index is 12.4. The molecule has 0 unspecified atom stereocenters. The number of nitrogens with one attached hydrogen (secondary N) is 1. The van der Waals surface area contributed by atoms with Gasteiger partial charge in [0.1, 0.15) is 17.2 Å². The molecule has 0 aromatic carbocycles. The molecule has 0 saturated carbocycles. The van der Waals surface area contributed by atoms with Crippen molar-refractivity contribution in [2.75, 3.05) is 0 Å². The molecule has 1 heterocycles. The summed E-state index contributed by atoms with van der Waals surface area (Å²) >= 11 is 0. The van der Waals surface area contributed by atoms with Crippen LogP contribution in [0.5, 0.6) is 0 Å². The van der Waals surface area contributed by atoms with Crippen molar-refractivity contribution in [2.24, 2.45) is 0 Å². The van der Waals surface area contributed by atoms with E-state index < -0.39 is 47.1 Å². The highest BCUT2D eigenvalue weighted by Crippen LogP contribution is 2.16. The van der Waals surface area contributed by atoms with E-state index in [9.17, 15) is 24.0 Å². The third-order valence-corrected chi connectivity index (χ3v) is 3.70. The summed E-state index contributed by atoms with van der Waals surface area (Å²) in [5, 5.41) is 3.00. The van der Waals surface area contributed by atoms with Crippen LogP contribution >= 0.6 is 0 Å². The van der Waals surface area contributed by atoms with Crippen LogP contribution in [-0.4, -0.2) is 52.2 Å². The monoisotopic (exact) mass is 428 g/mol. The molecule has 170 valence electrons. The first kappa shape index (κ1) is 25.4. The second kappa shape index (κ2) is 10.4. The first-order valence-corrected chi connectivity index (χ1v) is 9.97. The van der Waals surface area contributed by atoms with E-state index in [2.05, 4.69) is 5.32 Å². The van der Waals surface area contributed by atoms with E-state index in [0.29, 0.717) is 17.9 Å². The molecule has 1 N–H and O–H groups in total. The third kappa shape index (κ3) is 9.71. The lowest BCUT2D eigenvalue weighted by molar-refractivity contribution is -0.197. The van der Waals surface area contributed by atoms with Gasteiger partial charge in [0.25, 0.3) is 11.8 Å². The van der Waals surface area contributed by atoms with E-state index in [1.54, 1.807) is 41.5 Å². The second-order valence-electron chi connectivity index (χ2n) is 9.02. The Morgan fingerprint density at radius 3 is 1.97 bits per heavy atom. The molecule has 0 bridgehead atoms. The summed E-state index contributed by atoms with van der Waals surface area (Å²) in [6.07, 6.45) is 0.179. The predicted octanol–water partition coefficient (Wildman–Crippen LogP) is 2.39. The molecule has 1 rings (SSSR count). The molecule has 1 saturated heterocycles. The fourth-order valence-electron chi connectivity index (χ4n) is 2.49. The van der Waals surface area contributed by atoms with Crippen LogP contribution in [0.15, 0.2) is 0 Å². The van der Waals surface area contributed by atoms with E-state index >= 15 is 0 Å². The van der Waals surface area contributed by atoms with Crippen LogP contribution in [0, 0.1) is 0 Å². The number of unbranched alkanes of at least 4 members (excludes halogenated alkanes) is 1. The number of carbonyl (C=O) groups excluding carboxylic acids is 5. The Balaban J connectivity index is 2.54. The number of nitrogens with zero attached hydrogens (tertiary/aromatic N) is 1. The van der Waals surface area contributed by atoms with Gasteiger partial charge in [0.15, 0.2) is 0 Å².